The zero-order valence-corrected chi connectivity index (χ0v) is 15.3. The third kappa shape index (κ3) is 3.77. The van der Waals surface area contributed by atoms with Crippen LogP contribution in [0.15, 0.2) is 22.2 Å². The lowest BCUT2D eigenvalue weighted by Gasteiger charge is -2.09. The van der Waals surface area contributed by atoms with Crippen molar-refractivity contribution in [3.63, 3.8) is 0 Å². The van der Waals surface area contributed by atoms with Crippen LogP contribution in [0.2, 0.25) is 0 Å². The monoisotopic (exact) mass is 378 g/mol. The van der Waals surface area contributed by atoms with Crippen LogP contribution in [0.5, 0.6) is 0 Å². The number of carbonyl (C=O) groups is 2. The van der Waals surface area contributed by atoms with Gasteiger partial charge in [0.15, 0.2) is 5.16 Å². The molecule has 9 heteroatoms. The number of nitrogens with zero attached hydrogens (tertiary/aromatic N) is 2. The van der Waals surface area contributed by atoms with Gasteiger partial charge in [0.05, 0.1) is 11.3 Å². The molecule has 25 heavy (non-hydrogen) atoms. The first-order valence-corrected chi connectivity index (χ1v) is 9.74. The van der Waals surface area contributed by atoms with E-state index in [0.29, 0.717) is 22.3 Å². The van der Waals surface area contributed by atoms with Crippen molar-refractivity contribution in [3.05, 3.63) is 38.6 Å². The van der Waals surface area contributed by atoms with E-state index >= 15 is 0 Å². The molecule has 1 aliphatic rings. The van der Waals surface area contributed by atoms with Gasteiger partial charge in [-0.3, -0.25) is 14.4 Å². The molecule has 1 aliphatic carbocycles. The fourth-order valence-corrected chi connectivity index (χ4v) is 4.97. The Morgan fingerprint density at radius 3 is 2.96 bits per heavy atom. The Hall–Kier alpha value is -2.13. The highest BCUT2D eigenvalue weighted by Gasteiger charge is 2.26. The molecule has 0 atom stereocenters. The number of fused-ring (bicyclic) bond motifs is 1. The molecule has 0 aromatic carbocycles. The maximum absolute atomic E-state index is 12.3. The maximum Gasteiger partial charge on any atom is 0.273 e. The molecular formula is C16H18N4O3S2. The molecule has 7 nitrogen and oxygen atoms in total. The number of rotatable bonds is 6. The second-order valence-electron chi connectivity index (χ2n) is 5.60. The summed E-state index contributed by atoms with van der Waals surface area (Å²) in [7, 11) is 0. The zero-order chi connectivity index (χ0) is 18.0. The highest BCUT2D eigenvalue weighted by Crippen LogP contribution is 2.38. The molecule has 3 N–H and O–H groups in total. The van der Waals surface area contributed by atoms with Gasteiger partial charge in [-0.25, -0.2) is 0 Å². The van der Waals surface area contributed by atoms with Crippen molar-refractivity contribution in [1.82, 2.24) is 9.55 Å². The smallest absolute Gasteiger partial charge is 0.273 e. The molecule has 2 aromatic rings. The number of hydrogen-bond acceptors (Lipinski definition) is 6. The number of nitrogens with one attached hydrogen (secondary N) is 1. The van der Waals surface area contributed by atoms with Crippen molar-refractivity contribution in [2.24, 2.45) is 5.73 Å². The molecule has 2 aromatic heterocycles. The van der Waals surface area contributed by atoms with E-state index in [-0.39, 0.29) is 17.2 Å². The summed E-state index contributed by atoms with van der Waals surface area (Å²) in [6, 6.07) is 1.39. The number of primary amides is 1. The SMILES string of the molecule is CCn1ccc(=O)nc1SCC(=O)Nc1sc2c(c1C(N)=O)CCC2. The number of amides is 2. The van der Waals surface area contributed by atoms with Crippen molar-refractivity contribution in [1.29, 1.82) is 0 Å². The van der Waals surface area contributed by atoms with Crippen molar-refractivity contribution in [2.45, 2.75) is 37.9 Å². The van der Waals surface area contributed by atoms with Crippen LogP contribution in [0.3, 0.4) is 0 Å². The van der Waals surface area contributed by atoms with Crippen LogP contribution in [0.1, 0.15) is 34.1 Å². The summed E-state index contributed by atoms with van der Waals surface area (Å²) in [6.07, 6.45) is 4.41. The van der Waals surface area contributed by atoms with Gasteiger partial charge < -0.3 is 15.6 Å². The molecule has 3 rings (SSSR count). The highest BCUT2D eigenvalue weighted by atomic mass is 32.2. The van der Waals surface area contributed by atoms with Crippen LogP contribution in [0.4, 0.5) is 5.00 Å². The van der Waals surface area contributed by atoms with Crippen molar-refractivity contribution in [3.8, 4) is 0 Å². The summed E-state index contributed by atoms with van der Waals surface area (Å²) in [6.45, 7) is 2.59. The Morgan fingerprint density at radius 2 is 2.24 bits per heavy atom. The Morgan fingerprint density at radius 1 is 1.44 bits per heavy atom. The summed E-state index contributed by atoms with van der Waals surface area (Å²) in [5.74, 6) is -0.669. The van der Waals surface area contributed by atoms with Crippen LogP contribution < -0.4 is 16.6 Å². The second-order valence-corrected chi connectivity index (χ2v) is 7.64. The summed E-state index contributed by atoms with van der Waals surface area (Å²) >= 11 is 2.61. The number of nitrogens with two attached hydrogens (primary N) is 1. The number of hydrogen-bond donors (Lipinski definition) is 2. The van der Waals surface area contributed by atoms with E-state index in [9.17, 15) is 14.4 Å². The lowest BCUT2D eigenvalue weighted by Crippen LogP contribution is -2.20. The predicted molar refractivity (Wildman–Crippen MR) is 98.4 cm³/mol. The van der Waals surface area contributed by atoms with Gasteiger partial charge in [-0.05, 0) is 31.7 Å². The van der Waals surface area contributed by atoms with Crippen LogP contribution in [0, 0.1) is 0 Å². The molecule has 2 heterocycles. The minimum atomic E-state index is -0.507. The summed E-state index contributed by atoms with van der Waals surface area (Å²) in [5, 5.41) is 3.81. The molecule has 0 saturated heterocycles. The largest absolute Gasteiger partial charge is 0.365 e. The molecule has 0 unspecified atom stereocenters. The lowest BCUT2D eigenvalue weighted by molar-refractivity contribution is -0.113. The lowest BCUT2D eigenvalue weighted by atomic mass is 10.1. The Balaban J connectivity index is 1.71. The molecule has 0 radical (unpaired) electrons. The van der Waals surface area contributed by atoms with Gasteiger partial charge >= 0.3 is 0 Å². The standard InChI is InChI=1S/C16H18N4O3S2/c1-2-20-7-6-11(21)19-16(20)24-8-12(22)18-15-13(14(17)23)9-4-3-5-10(9)25-15/h6-7H,2-5,8H2,1H3,(H2,17,23)(H,18,22). The maximum atomic E-state index is 12.3. The van der Waals surface area contributed by atoms with Crippen molar-refractivity contribution < 1.29 is 9.59 Å². The van der Waals surface area contributed by atoms with Crippen molar-refractivity contribution >= 4 is 39.9 Å². The summed E-state index contributed by atoms with van der Waals surface area (Å²) < 4.78 is 1.80. The molecule has 132 valence electrons. The van der Waals surface area contributed by atoms with Crippen molar-refractivity contribution in [2.75, 3.05) is 11.1 Å². The molecular weight excluding hydrogens is 360 g/mol. The van der Waals surface area contributed by atoms with E-state index in [0.717, 1.165) is 29.7 Å². The average Bonchev–Trinajstić information content (AvgIpc) is 3.13. The third-order valence-electron chi connectivity index (χ3n) is 3.94. The highest BCUT2D eigenvalue weighted by molar-refractivity contribution is 7.99. The number of thiophene rings is 1. The van der Waals surface area contributed by atoms with Gasteiger partial charge in [-0.2, -0.15) is 4.98 Å². The Kier molecular flexibility index (Phi) is 5.24. The van der Waals surface area contributed by atoms with E-state index in [1.807, 2.05) is 6.92 Å². The van der Waals surface area contributed by atoms with E-state index in [2.05, 4.69) is 10.3 Å². The number of anilines is 1. The van der Waals surface area contributed by atoms with Crippen LogP contribution in [0.25, 0.3) is 0 Å². The second kappa shape index (κ2) is 7.40. The van der Waals surface area contributed by atoms with Gasteiger partial charge in [0.2, 0.25) is 5.91 Å². The van der Waals surface area contributed by atoms with Crippen LogP contribution in [-0.2, 0) is 24.2 Å². The average molecular weight is 378 g/mol. The Bertz CT molecular complexity index is 888. The molecule has 0 fully saturated rings. The van der Waals surface area contributed by atoms with Gasteiger partial charge in [-0.15, -0.1) is 11.3 Å². The van der Waals surface area contributed by atoms with E-state index in [4.69, 9.17) is 5.73 Å². The van der Waals surface area contributed by atoms with E-state index in [1.54, 1.807) is 10.8 Å². The number of carbonyl (C=O) groups excluding carboxylic acids is 2. The van der Waals surface area contributed by atoms with Gasteiger partial charge in [0.1, 0.15) is 5.00 Å². The normalized spacial score (nSPS) is 12.8. The first-order valence-electron chi connectivity index (χ1n) is 7.94. The molecule has 0 spiro atoms. The quantitative estimate of drug-likeness (QED) is 0.587. The van der Waals surface area contributed by atoms with E-state index in [1.165, 1.54) is 29.2 Å². The van der Waals surface area contributed by atoms with E-state index < -0.39 is 5.91 Å². The fraction of sp³-hybridized carbons (Fsp3) is 0.375. The predicted octanol–water partition coefficient (Wildman–Crippen LogP) is 1.64. The first kappa shape index (κ1) is 17.7. The fourth-order valence-electron chi connectivity index (χ4n) is 2.81. The topological polar surface area (TPSA) is 107 Å². The molecule has 2 amide bonds. The van der Waals surface area contributed by atoms with Gasteiger partial charge in [0, 0.05) is 23.7 Å². The third-order valence-corrected chi connectivity index (χ3v) is 6.14. The molecule has 0 saturated carbocycles. The minimum Gasteiger partial charge on any atom is -0.365 e. The number of aryl methyl sites for hydroxylation is 2. The zero-order valence-electron chi connectivity index (χ0n) is 13.7. The summed E-state index contributed by atoms with van der Waals surface area (Å²) in [5.41, 5.74) is 6.58. The van der Waals surface area contributed by atoms with Crippen LogP contribution >= 0.6 is 23.1 Å². The van der Waals surface area contributed by atoms with Gasteiger partial charge in [0.25, 0.3) is 11.5 Å². The minimum absolute atomic E-state index is 0.0945. The molecule has 0 bridgehead atoms. The van der Waals surface area contributed by atoms with Crippen LogP contribution in [-0.4, -0.2) is 27.1 Å². The number of aromatic nitrogens is 2. The first-order chi connectivity index (χ1) is 12.0. The summed E-state index contributed by atoms with van der Waals surface area (Å²) in [4.78, 5) is 40.5. The number of thioether (sulfide) groups is 1. The van der Waals surface area contributed by atoms with Gasteiger partial charge in [-0.1, -0.05) is 11.8 Å². The Labute approximate surface area is 152 Å². The molecule has 0 aliphatic heterocycles.